The Morgan fingerprint density at radius 2 is 1.90 bits per heavy atom. The average molecular weight is 411 g/mol. The van der Waals surface area contributed by atoms with Gasteiger partial charge in [-0.2, -0.15) is 0 Å². The van der Waals surface area contributed by atoms with Crippen LogP contribution in [0.4, 0.5) is 0 Å². The molecule has 1 fully saturated rings. The van der Waals surface area contributed by atoms with Crippen LogP contribution < -0.4 is 20.7 Å². The van der Waals surface area contributed by atoms with Crippen molar-refractivity contribution in [2.75, 3.05) is 26.2 Å². The highest BCUT2D eigenvalue weighted by Gasteiger charge is 2.21. The Balaban J connectivity index is 1.61. The first-order valence-electron chi connectivity index (χ1n) is 11.1. The van der Waals surface area contributed by atoms with Crippen LogP contribution >= 0.6 is 0 Å². The highest BCUT2D eigenvalue weighted by atomic mass is 16.5. The summed E-state index contributed by atoms with van der Waals surface area (Å²) in [6.07, 6.45) is 7.97. The minimum Gasteiger partial charge on any atom is -0.494 e. The topological polar surface area (TPSA) is 75.3 Å². The van der Waals surface area contributed by atoms with Gasteiger partial charge < -0.3 is 20.7 Å². The Kier molecular flexibility index (Phi) is 9.12. The van der Waals surface area contributed by atoms with E-state index >= 15 is 0 Å². The van der Waals surface area contributed by atoms with E-state index in [2.05, 4.69) is 27.9 Å². The van der Waals surface area contributed by atoms with Gasteiger partial charge in [0.2, 0.25) is 5.91 Å². The van der Waals surface area contributed by atoms with Crippen LogP contribution in [0.5, 0.6) is 5.75 Å². The molecular weight excluding hydrogens is 376 g/mol. The van der Waals surface area contributed by atoms with Crippen molar-refractivity contribution < 1.29 is 9.53 Å². The molecule has 0 radical (unpaired) electrons. The third-order valence-electron chi connectivity index (χ3n) is 5.52. The molecule has 3 rings (SSSR count). The Bertz CT molecular complexity index is 746. The molecule has 0 bridgehead atoms. The number of hydrogen-bond donors (Lipinski definition) is 3. The van der Waals surface area contributed by atoms with Gasteiger partial charge in [-0.1, -0.05) is 19.1 Å². The van der Waals surface area contributed by atoms with E-state index in [0.717, 1.165) is 55.3 Å². The number of pyridine rings is 1. The van der Waals surface area contributed by atoms with Crippen LogP contribution in [-0.2, 0) is 11.3 Å². The van der Waals surface area contributed by atoms with E-state index in [-0.39, 0.29) is 11.9 Å². The van der Waals surface area contributed by atoms with Gasteiger partial charge in [-0.3, -0.25) is 9.78 Å². The second kappa shape index (κ2) is 12.3. The van der Waals surface area contributed by atoms with Crippen molar-refractivity contribution in [3.05, 3.63) is 59.9 Å². The van der Waals surface area contributed by atoms with E-state index in [0.29, 0.717) is 13.2 Å². The van der Waals surface area contributed by atoms with Crippen molar-refractivity contribution in [1.82, 2.24) is 20.9 Å². The van der Waals surface area contributed by atoms with Crippen molar-refractivity contribution in [3.63, 3.8) is 0 Å². The zero-order valence-electron chi connectivity index (χ0n) is 17.9. The van der Waals surface area contributed by atoms with Gasteiger partial charge in [-0.25, -0.2) is 0 Å². The highest BCUT2D eigenvalue weighted by molar-refractivity contribution is 5.83. The number of piperidine rings is 1. The third kappa shape index (κ3) is 7.11. The molecule has 1 saturated heterocycles. The zero-order valence-corrected chi connectivity index (χ0v) is 17.9. The van der Waals surface area contributed by atoms with Crippen LogP contribution in [0, 0.1) is 5.92 Å². The van der Waals surface area contributed by atoms with Crippen LogP contribution in [0.25, 0.3) is 0 Å². The standard InChI is InChI=1S/C24H34N4O2/c1-2-17-30-22-5-3-21(4-6-22)23(27-16-11-19-7-12-25-13-8-19)24(29)28-18-20-9-14-26-15-10-20/h3-6,9-10,14-15,19,23,25,27H,2,7-8,11-13,16-18H2,1H3,(H,28,29). The number of nitrogens with zero attached hydrogens (tertiary/aromatic N) is 1. The first-order valence-corrected chi connectivity index (χ1v) is 11.1. The first kappa shape index (κ1) is 22.2. The molecule has 162 valence electrons. The lowest BCUT2D eigenvalue weighted by atomic mass is 9.94. The molecule has 0 aliphatic carbocycles. The molecule has 3 N–H and O–H groups in total. The van der Waals surface area contributed by atoms with Crippen molar-refractivity contribution in [2.45, 2.75) is 45.2 Å². The largest absolute Gasteiger partial charge is 0.494 e. The van der Waals surface area contributed by atoms with Crippen LogP contribution in [0.3, 0.4) is 0 Å². The summed E-state index contributed by atoms with van der Waals surface area (Å²) >= 11 is 0. The zero-order chi connectivity index (χ0) is 21.0. The molecule has 1 aliphatic heterocycles. The molecule has 1 atom stereocenters. The third-order valence-corrected chi connectivity index (χ3v) is 5.52. The molecule has 1 aromatic carbocycles. The lowest BCUT2D eigenvalue weighted by Gasteiger charge is -2.24. The number of hydrogen-bond acceptors (Lipinski definition) is 5. The quantitative estimate of drug-likeness (QED) is 0.530. The number of nitrogens with one attached hydrogen (secondary N) is 3. The summed E-state index contributed by atoms with van der Waals surface area (Å²) in [5.41, 5.74) is 1.99. The van der Waals surface area contributed by atoms with Gasteiger partial charge in [-0.15, -0.1) is 0 Å². The van der Waals surface area contributed by atoms with E-state index in [4.69, 9.17) is 4.74 Å². The van der Waals surface area contributed by atoms with Crippen LogP contribution in [0.15, 0.2) is 48.8 Å². The number of carbonyl (C=O) groups excluding carboxylic acids is 1. The second-order valence-electron chi connectivity index (χ2n) is 7.86. The summed E-state index contributed by atoms with van der Waals surface area (Å²) in [5, 5.41) is 9.97. The summed E-state index contributed by atoms with van der Waals surface area (Å²) in [5.74, 6) is 1.55. The number of aromatic nitrogens is 1. The first-order chi connectivity index (χ1) is 14.8. The molecule has 1 amide bonds. The maximum atomic E-state index is 13.0. The summed E-state index contributed by atoms with van der Waals surface area (Å²) < 4.78 is 5.68. The van der Waals surface area contributed by atoms with Gasteiger partial charge in [0.15, 0.2) is 0 Å². The van der Waals surface area contributed by atoms with E-state index in [1.807, 2.05) is 36.4 Å². The van der Waals surface area contributed by atoms with E-state index in [1.54, 1.807) is 12.4 Å². The molecule has 2 heterocycles. The lowest BCUT2D eigenvalue weighted by molar-refractivity contribution is -0.123. The van der Waals surface area contributed by atoms with Gasteiger partial charge in [0.1, 0.15) is 11.8 Å². The van der Waals surface area contributed by atoms with Crippen molar-refractivity contribution in [2.24, 2.45) is 5.92 Å². The molecular formula is C24H34N4O2. The van der Waals surface area contributed by atoms with Crippen molar-refractivity contribution >= 4 is 5.91 Å². The fraction of sp³-hybridized carbons (Fsp3) is 0.500. The van der Waals surface area contributed by atoms with E-state index in [9.17, 15) is 4.79 Å². The highest BCUT2D eigenvalue weighted by Crippen LogP contribution is 2.20. The van der Waals surface area contributed by atoms with Gasteiger partial charge in [0.25, 0.3) is 0 Å². The Labute approximate surface area is 179 Å². The van der Waals surface area contributed by atoms with Crippen LogP contribution in [-0.4, -0.2) is 37.1 Å². The van der Waals surface area contributed by atoms with Gasteiger partial charge >= 0.3 is 0 Å². The average Bonchev–Trinajstić information content (AvgIpc) is 2.81. The number of amides is 1. The second-order valence-corrected chi connectivity index (χ2v) is 7.86. The van der Waals surface area contributed by atoms with Crippen molar-refractivity contribution in [1.29, 1.82) is 0 Å². The number of ether oxygens (including phenoxy) is 1. The van der Waals surface area contributed by atoms with Gasteiger partial charge in [0, 0.05) is 18.9 Å². The normalized spacial score (nSPS) is 15.5. The molecule has 30 heavy (non-hydrogen) atoms. The molecule has 0 saturated carbocycles. The summed E-state index contributed by atoms with van der Waals surface area (Å²) in [6, 6.07) is 11.3. The predicted molar refractivity (Wildman–Crippen MR) is 119 cm³/mol. The summed E-state index contributed by atoms with van der Waals surface area (Å²) in [4.78, 5) is 17.1. The van der Waals surface area contributed by atoms with Gasteiger partial charge in [-0.05, 0) is 86.6 Å². The predicted octanol–water partition coefficient (Wildman–Crippen LogP) is 3.21. The van der Waals surface area contributed by atoms with E-state index < -0.39 is 0 Å². The number of carbonyl (C=O) groups is 1. The Morgan fingerprint density at radius 3 is 2.60 bits per heavy atom. The fourth-order valence-electron chi connectivity index (χ4n) is 3.73. The molecule has 6 heteroatoms. The summed E-state index contributed by atoms with van der Waals surface area (Å²) in [7, 11) is 0. The lowest BCUT2D eigenvalue weighted by Crippen LogP contribution is -2.38. The molecule has 2 aromatic rings. The van der Waals surface area contributed by atoms with Crippen LogP contribution in [0.2, 0.25) is 0 Å². The SMILES string of the molecule is CCCOc1ccc(C(NCCC2CCNCC2)C(=O)NCc2ccncc2)cc1. The molecule has 6 nitrogen and oxygen atoms in total. The van der Waals surface area contributed by atoms with Crippen molar-refractivity contribution in [3.8, 4) is 5.75 Å². The monoisotopic (exact) mass is 410 g/mol. The summed E-state index contributed by atoms with van der Waals surface area (Å²) in [6.45, 7) is 6.30. The molecule has 0 spiro atoms. The molecule has 1 unspecified atom stereocenters. The Hall–Kier alpha value is -2.44. The molecule has 1 aromatic heterocycles. The number of rotatable bonds is 11. The van der Waals surface area contributed by atoms with Gasteiger partial charge in [0.05, 0.1) is 6.61 Å². The maximum Gasteiger partial charge on any atom is 0.242 e. The minimum absolute atomic E-state index is 0.0145. The Morgan fingerprint density at radius 1 is 1.17 bits per heavy atom. The molecule has 1 aliphatic rings. The maximum absolute atomic E-state index is 13.0. The van der Waals surface area contributed by atoms with Crippen LogP contribution in [0.1, 0.15) is 49.8 Å². The number of benzene rings is 1. The fourth-order valence-corrected chi connectivity index (χ4v) is 3.73. The minimum atomic E-state index is -0.381. The van der Waals surface area contributed by atoms with E-state index in [1.165, 1.54) is 12.8 Å². The smallest absolute Gasteiger partial charge is 0.242 e.